The van der Waals surface area contributed by atoms with E-state index in [9.17, 15) is 0 Å². The Morgan fingerprint density at radius 3 is 2.75 bits per heavy atom. The third-order valence-corrected chi connectivity index (χ3v) is 4.58. The highest BCUT2D eigenvalue weighted by Gasteiger charge is 2.24. The average molecular weight is 275 g/mol. The number of oxime groups is 1. The molecule has 0 spiro atoms. The van der Waals surface area contributed by atoms with Crippen molar-refractivity contribution in [3.8, 4) is 0 Å². The number of hydrogen-bond acceptors (Lipinski definition) is 3. The minimum atomic E-state index is 0.174. The molecule has 110 valence electrons. The molecule has 4 heteroatoms. The summed E-state index contributed by atoms with van der Waals surface area (Å²) in [7, 11) is 0. The Bertz CT molecular complexity index is 473. The van der Waals surface area contributed by atoms with E-state index >= 15 is 0 Å². The first-order valence-electron chi connectivity index (χ1n) is 7.41. The van der Waals surface area contributed by atoms with Crippen LogP contribution in [0.25, 0.3) is 0 Å². The summed E-state index contributed by atoms with van der Waals surface area (Å²) in [5.41, 5.74) is 7.60. The first kappa shape index (κ1) is 14.9. The second-order valence-corrected chi connectivity index (χ2v) is 5.99. The van der Waals surface area contributed by atoms with Crippen molar-refractivity contribution in [1.29, 1.82) is 0 Å². The lowest BCUT2D eigenvalue weighted by atomic mass is 9.79. The van der Waals surface area contributed by atoms with Gasteiger partial charge in [-0.15, -0.1) is 0 Å². The van der Waals surface area contributed by atoms with Crippen molar-refractivity contribution in [3.05, 3.63) is 35.4 Å². The second-order valence-electron chi connectivity index (χ2n) is 5.99. The van der Waals surface area contributed by atoms with Crippen LogP contribution in [0.2, 0.25) is 0 Å². The van der Waals surface area contributed by atoms with Crippen LogP contribution in [0.3, 0.4) is 0 Å². The van der Waals surface area contributed by atoms with Crippen LogP contribution in [0.4, 0.5) is 0 Å². The van der Waals surface area contributed by atoms with Gasteiger partial charge in [-0.05, 0) is 36.7 Å². The fourth-order valence-corrected chi connectivity index (χ4v) is 2.97. The molecule has 1 aromatic carbocycles. The highest BCUT2D eigenvalue weighted by molar-refractivity contribution is 5.98. The third kappa shape index (κ3) is 3.51. The predicted octanol–water partition coefficient (Wildman–Crippen LogP) is 2.70. The smallest absolute Gasteiger partial charge is 0.170 e. The number of hydrogen-bond donors (Lipinski definition) is 3. The molecule has 4 nitrogen and oxygen atoms in total. The van der Waals surface area contributed by atoms with E-state index in [1.807, 2.05) is 24.3 Å². The summed E-state index contributed by atoms with van der Waals surface area (Å²) in [4.78, 5) is 0. The van der Waals surface area contributed by atoms with Crippen LogP contribution in [-0.2, 0) is 6.54 Å². The Kier molecular flexibility index (Phi) is 5.01. The molecule has 0 amide bonds. The molecular formula is C16H25N3O. The van der Waals surface area contributed by atoms with Gasteiger partial charge in [-0.1, -0.05) is 43.3 Å². The molecular weight excluding hydrogens is 250 g/mol. The van der Waals surface area contributed by atoms with E-state index in [0.29, 0.717) is 6.04 Å². The topological polar surface area (TPSA) is 70.6 Å². The number of nitrogens with two attached hydrogens (primary N) is 1. The van der Waals surface area contributed by atoms with E-state index in [1.165, 1.54) is 19.3 Å². The molecule has 0 radical (unpaired) electrons. The minimum Gasteiger partial charge on any atom is -0.409 e. The Labute approximate surface area is 121 Å². The molecule has 1 fully saturated rings. The molecule has 20 heavy (non-hydrogen) atoms. The molecule has 0 saturated heterocycles. The van der Waals surface area contributed by atoms with E-state index in [0.717, 1.165) is 29.5 Å². The van der Waals surface area contributed by atoms with Gasteiger partial charge in [0.1, 0.15) is 0 Å². The van der Waals surface area contributed by atoms with Crippen molar-refractivity contribution in [3.63, 3.8) is 0 Å². The van der Waals surface area contributed by atoms with Crippen molar-refractivity contribution in [1.82, 2.24) is 5.32 Å². The van der Waals surface area contributed by atoms with E-state index in [1.54, 1.807) is 0 Å². The van der Waals surface area contributed by atoms with E-state index < -0.39 is 0 Å². The average Bonchev–Trinajstić information content (AvgIpc) is 2.48. The number of benzene rings is 1. The maximum atomic E-state index is 8.84. The lowest BCUT2D eigenvalue weighted by Gasteiger charge is -2.32. The second kappa shape index (κ2) is 6.75. The van der Waals surface area contributed by atoms with E-state index in [2.05, 4.69) is 24.3 Å². The van der Waals surface area contributed by atoms with Crippen molar-refractivity contribution in [2.24, 2.45) is 22.7 Å². The largest absolute Gasteiger partial charge is 0.409 e. The maximum absolute atomic E-state index is 8.84. The van der Waals surface area contributed by atoms with Gasteiger partial charge in [0.25, 0.3) is 0 Å². The summed E-state index contributed by atoms with van der Waals surface area (Å²) in [6, 6.07) is 8.37. The van der Waals surface area contributed by atoms with Gasteiger partial charge in [0.15, 0.2) is 5.84 Å². The molecule has 0 heterocycles. The van der Waals surface area contributed by atoms with Gasteiger partial charge in [-0.3, -0.25) is 0 Å². The van der Waals surface area contributed by atoms with Gasteiger partial charge in [0.05, 0.1) is 0 Å². The summed E-state index contributed by atoms with van der Waals surface area (Å²) < 4.78 is 0. The molecule has 0 bridgehead atoms. The standard InChI is InChI=1S/C16H25N3O/c1-11-7-8-14(9-12(11)2)18-10-13-5-3-4-6-15(13)16(17)19-20/h3-6,11-12,14,18,20H,7-10H2,1-2H3,(H2,17,19). The molecule has 2 rings (SSSR count). The van der Waals surface area contributed by atoms with E-state index in [-0.39, 0.29) is 5.84 Å². The van der Waals surface area contributed by atoms with Crippen molar-refractivity contribution in [2.45, 2.75) is 45.7 Å². The lowest BCUT2D eigenvalue weighted by molar-refractivity contribution is 0.225. The Morgan fingerprint density at radius 1 is 1.30 bits per heavy atom. The van der Waals surface area contributed by atoms with Crippen LogP contribution < -0.4 is 11.1 Å². The zero-order valence-corrected chi connectivity index (χ0v) is 12.3. The minimum absolute atomic E-state index is 0.174. The lowest BCUT2D eigenvalue weighted by Crippen LogP contribution is -2.36. The van der Waals surface area contributed by atoms with Crippen LogP contribution in [0.15, 0.2) is 29.4 Å². The van der Waals surface area contributed by atoms with Gasteiger partial charge in [-0.2, -0.15) is 0 Å². The molecule has 1 aliphatic carbocycles. The van der Waals surface area contributed by atoms with Gasteiger partial charge >= 0.3 is 0 Å². The third-order valence-electron chi connectivity index (χ3n) is 4.58. The zero-order valence-electron chi connectivity index (χ0n) is 12.3. The SMILES string of the molecule is CC1CCC(NCc2ccccc2C(N)=NO)CC1C. The van der Waals surface area contributed by atoms with Crippen LogP contribution in [0, 0.1) is 11.8 Å². The number of nitrogens with zero attached hydrogens (tertiary/aromatic N) is 1. The van der Waals surface area contributed by atoms with E-state index in [4.69, 9.17) is 10.9 Å². The van der Waals surface area contributed by atoms with Crippen molar-refractivity contribution >= 4 is 5.84 Å². The summed E-state index contributed by atoms with van der Waals surface area (Å²) >= 11 is 0. The quantitative estimate of drug-likeness (QED) is 0.342. The number of nitrogens with one attached hydrogen (secondary N) is 1. The molecule has 3 unspecified atom stereocenters. The highest BCUT2D eigenvalue weighted by atomic mass is 16.4. The summed E-state index contributed by atoms with van der Waals surface area (Å²) in [6.07, 6.45) is 3.75. The monoisotopic (exact) mass is 275 g/mol. The Hall–Kier alpha value is -1.55. The number of rotatable bonds is 4. The van der Waals surface area contributed by atoms with Crippen molar-refractivity contribution in [2.75, 3.05) is 0 Å². The maximum Gasteiger partial charge on any atom is 0.170 e. The molecule has 0 aromatic heterocycles. The Balaban J connectivity index is 1.98. The molecule has 1 aromatic rings. The van der Waals surface area contributed by atoms with Crippen LogP contribution >= 0.6 is 0 Å². The summed E-state index contributed by atoms with van der Waals surface area (Å²) in [5, 5.41) is 15.6. The van der Waals surface area contributed by atoms with Gasteiger partial charge < -0.3 is 16.3 Å². The van der Waals surface area contributed by atoms with Crippen molar-refractivity contribution < 1.29 is 5.21 Å². The normalized spacial score (nSPS) is 27.5. The fourth-order valence-electron chi connectivity index (χ4n) is 2.97. The Morgan fingerprint density at radius 2 is 2.05 bits per heavy atom. The molecule has 1 aliphatic rings. The zero-order chi connectivity index (χ0) is 14.5. The molecule has 4 N–H and O–H groups in total. The van der Waals surface area contributed by atoms with Crippen LogP contribution in [0.1, 0.15) is 44.2 Å². The van der Waals surface area contributed by atoms with Gasteiger partial charge in [0.2, 0.25) is 0 Å². The first-order chi connectivity index (χ1) is 9.61. The summed E-state index contributed by atoms with van der Waals surface area (Å²) in [5.74, 6) is 1.78. The fraction of sp³-hybridized carbons (Fsp3) is 0.562. The molecule has 0 aliphatic heterocycles. The number of amidine groups is 1. The summed E-state index contributed by atoms with van der Waals surface area (Å²) in [6.45, 7) is 5.44. The van der Waals surface area contributed by atoms with Crippen LogP contribution in [-0.4, -0.2) is 17.1 Å². The highest BCUT2D eigenvalue weighted by Crippen LogP contribution is 2.29. The first-order valence-corrected chi connectivity index (χ1v) is 7.41. The van der Waals surface area contributed by atoms with Gasteiger partial charge in [0, 0.05) is 18.2 Å². The van der Waals surface area contributed by atoms with Gasteiger partial charge in [-0.25, -0.2) is 0 Å². The predicted molar refractivity (Wildman–Crippen MR) is 81.8 cm³/mol. The van der Waals surface area contributed by atoms with Crippen LogP contribution in [0.5, 0.6) is 0 Å². The molecule has 1 saturated carbocycles. The molecule has 3 atom stereocenters.